The second-order valence-electron chi connectivity index (χ2n) is 6.53. The highest BCUT2D eigenvalue weighted by Crippen LogP contribution is 2.19. The molecule has 9 nitrogen and oxygen atoms in total. The Bertz CT molecular complexity index is 785. The molecule has 1 N–H and O–H groups in total. The van der Waals surface area contributed by atoms with Crippen LogP contribution in [0, 0.1) is 0 Å². The summed E-state index contributed by atoms with van der Waals surface area (Å²) < 4.78 is 17.4. The number of aryl methyl sites for hydroxylation is 2. The predicted molar refractivity (Wildman–Crippen MR) is 99.1 cm³/mol. The molecule has 3 heterocycles. The molecule has 0 spiro atoms. The molecule has 0 aromatic carbocycles. The molecule has 0 radical (unpaired) electrons. The summed E-state index contributed by atoms with van der Waals surface area (Å²) in [6, 6.07) is 0. The maximum absolute atomic E-state index is 12.7. The van der Waals surface area contributed by atoms with Gasteiger partial charge in [-0.1, -0.05) is 6.92 Å². The fourth-order valence-corrected chi connectivity index (χ4v) is 3.18. The monoisotopic (exact) mass is 390 g/mol. The Kier molecular flexibility index (Phi) is 7.18. The predicted octanol–water partition coefficient (Wildman–Crippen LogP) is 1.76. The molecule has 2 aromatic rings. The number of nitrogens with zero attached hydrogens (tertiary/aromatic N) is 3. The van der Waals surface area contributed by atoms with Crippen LogP contribution in [0.15, 0.2) is 17.1 Å². The average molecular weight is 390 g/mol. The van der Waals surface area contributed by atoms with Crippen LogP contribution in [0.4, 0.5) is 0 Å². The average Bonchev–Trinajstić information content (AvgIpc) is 3.34. The SMILES string of the molecule is CCc1nn(CCCOC(=O)c2cocn2)c2c1C(=O)NCCCOCCC2. The number of carbonyl (C=O) groups is 2. The molecule has 0 saturated heterocycles. The van der Waals surface area contributed by atoms with E-state index in [2.05, 4.69) is 15.4 Å². The number of aromatic nitrogens is 3. The van der Waals surface area contributed by atoms with E-state index in [1.54, 1.807) is 0 Å². The van der Waals surface area contributed by atoms with Crippen molar-refractivity contribution in [2.45, 2.75) is 45.6 Å². The zero-order chi connectivity index (χ0) is 19.8. The van der Waals surface area contributed by atoms with Gasteiger partial charge in [0, 0.05) is 32.7 Å². The third kappa shape index (κ3) is 4.98. The Labute approximate surface area is 163 Å². The van der Waals surface area contributed by atoms with Gasteiger partial charge in [-0.05, 0) is 25.7 Å². The van der Waals surface area contributed by atoms with E-state index in [1.807, 2.05) is 11.6 Å². The van der Waals surface area contributed by atoms with E-state index < -0.39 is 5.97 Å². The number of hydrogen-bond donors (Lipinski definition) is 1. The number of nitrogens with one attached hydrogen (secondary N) is 1. The molecule has 1 amide bonds. The summed E-state index contributed by atoms with van der Waals surface area (Å²) in [4.78, 5) is 28.2. The van der Waals surface area contributed by atoms with Crippen LogP contribution in [0.2, 0.25) is 0 Å². The highest BCUT2D eigenvalue weighted by atomic mass is 16.5. The van der Waals surface area contributed by atoms with Crippen molar-refractivity contribution in [3.05, 3.63) is 35.3 Å². The van der Waals surface area contributed by atoms with Crippen molar-refractivity contribution >= 4 is 11.9 Å². The molecule has 28 heavy (non-hydrogen) atoms. The smallest absolute Gasteiger partial charge is 0.360 e. The van der Waals surface area contributed by atoms with Crippen LogP contribution in [-0.4, -0.2) is 53.0 Å². The second kappa shape index (κ2) is 10.0. The molecule has 1 aliphatic heterocycles. The first kappa shape index (κ1) is 20.1. The van der Waals surface area contributed by atoms with E-state index in [4.69, 9.17) is 13.9 Å². The van der Waals surface area contributed by atoms with Crippen LogP contribution in [0.1, 0.15) is 58.4 Å². The fourth-order valence-electron chi connectivity index (χ4n) is 3.18. The Morgan fingerprint density at radius 3 is 3.00 bits per heavy atom. The molecule has 0 saturated carbocycles. The summed E-state index contributed by atoms with van der Waals surface area (Å²) in [5, 5.41) is 7.61. The third-order valence-electron chi connectivity index (χ3n) is 4.53. The van der Waals surface area contributed by atoms with Crippen molar-refractivity contribution in [1.29, 1.82) is 0 Å². The van der Waals surface area contributed by atoms with Gasteiger partial charge in [-0.2, -0.15) is 5.10 Å². The largest absolute Gasteiger partial charge is 0.461 e. The van der Waals surface area contributed by atoms with Crippen molar-refractivity contribution in [3.8, 4) is 0 Å². The van der Waals surface area contributed by atoms with Crippen molar-refractivity contribution in [2.24, 2.45) is 0 Å². The van der Waals surface area contributed by atoms with Crippen molar-refractivity contribution in [2.75, 3.05) is 26.4 Å². The van der Waals surface area contributed by atoms with E-state index in [0.717, 1.165) is 24.2 Å². The van der Waals surface area contributed by atoms with Gasteiger partial charge in [0.2, 0.25) is 0 Å². The first-order chi connectivity index (χ1) is 13.7. The Hall–Kier alpha value is -2.68. The lowest BCUT2D eigenvalue weighted by Gasteiger charge is -2.10. The number of ether oxygens (including phenoxy) is 2. The molecule has 0 unspecified atom stereocenters. The molecule has 0 bridgehead atoms. The number of hydrogen-bond acceptors (Lipinski definition) is 7. The van der Waals surface area contributed by atoms with E-state index in [0.29, 0.717) is 51.1 Å². The molecule has 0 aliphatic carbocycles. The van der Waals surface area contributed by atoms with Crippen LogP contribution in [0.3, 0.4) is 0 Å². The number of carbonyl (C=O) groups excluding carboxylic acids is 2. The van der Waals surface area contributed by atoms with Gasteiger partial charge in [0.25, 0.3) is 5.91 Å². The normalized spacial score (nSPS) is 15.4. The number of esters is 1. The van der Waals surface area contributed by atoms with Crippen LogP contribution >= 0.6 is 0 Å². The lowest BCUT2D eigenvalue weighted by atomic mass is 10.1. The van der Waals surface area contributed by atoms with Crippen molar-refractivity contribution in [1.82, 2.24) is 20.1 Å². The van der Waals surface area contributed by atoms with E-state index in [1.165, 1.54) is 12.7 Å². The van der Waals surface area contributed by atoms with Gasteiger partial charge < -0.3 is 19.2 Å². The summed E-state index contributed by atoms with van der Waals surface area (Å²) in [6.45, 7) is 4.69. The van der Waals surface area contributed by atoms with Crippen LogP contribution in [0.5, 0.6) is 0 Å². The molecule has 2 aromatic heterocycles. The van der Waals surface area contributed by atoms with Crippen molar-refractivity contribution < 1.29 is 23.5 Å². The van der Waals surface area contributed by atoms with Crippen LogP contribution in [0.25, 0.3) is 0 Å². The van der Waals surface area contributed by atoms with Gasteiger partial charge in [-0.3, -0.25) is 9.48 Å². The Balaban J connectivity index is 1.66. The number of fused-ring (bicyclic) bond motifs is 1. The van der Waals surface area contributed by atoms with Gasteiger partial charge >= 0.3 is 5.97 Å². The summed E-state index contributed by atoms with van der Waals surface area (Å²) in [5.74, 6) is -0.586. The minimum atomic E-state index is -0.515. The molecule has 0 fully saturated rings. The molecule has 3 rings (SSSR count). The molecule has 1 aliphatic rings. The minimum absolute atomic E-state index is 0.0718. The maximum Gasteiger partial charge on any atom is 0.360 e. The quantitative estimate of drug-likeness (QED) is 0.591. The molecule has 9 heteroatoms. The molecule has 0 atom stereocenters. The lowest BCUT2D eigenvalue weighted by Crippen LogP contribution is -2.26. The van der Waals surface area contributed by atoms with Crippen LogP contribution in [-0.2, 0) is 28.9 Å². The maximum atomic E-state index is 12.7. The first-order valence-corrected chi connectivity index (χ1v) is 9.70. The zero-order valence-corrected chi connectivity index (χ0v) is 16.1. The molecular formula is C19H26N4O5. The summed E-state index contributed by atoms with van der Waals surface area (Å²) in [6.07, 6.45) is 6.05. The Morgan fingerprint density at radius 1 is 1.36 bits per heavy atom. The number of rotatable bonds is 6. The third-order valence-corrected chi connectivity index (χ3v) is 4.53. The van der Waals surface area contributed by atoms with Gasteiger partial charge in [0.1, 0.15) is 6.26 Å². The summed E-state index contributed by atoms with van der Waals surface area (Å²) in [7, 11) is 0. The van der Waals surface area contributed by atoms with Gasteiger partial charge in [0.05, 0.1) is 23.6 Å². The molecule has 152 valence electrons. The van der Waals surface area contributed by atoms with Crippen molar-refractivity contribution in [3.63, 3.8) is 0 Å². The van der Waals surface area contributed by atoms with Gasteiger partial charge in [-0.25, -0.2) is 9.78 Å². The highest BCUT2D eigenvalue weighted by Gasteiger charge is 2.22. The van der Waals surface area contributed by atoms with Gasteiger partial charge in [-0.15, -0.1) is 0 Å². The first-order valence-electron chi connectivity index (χ1n) is 9.70. The van der Waals surface area contributed by atoms with E-state index in [-0.39, 0.29) is 18.2 Å². The number of oxazole rings is 1. The number of amides is 1. The summed E-state index contributed by atoms with van der Waals surface area (Å²) >= 11 is 0. The standard InChI is InChI=1S/C19H26N4O5/c1-2-14-17-16(6-3-9-26-10-4-7-20-18(17)24)23(22-14)8-5-11-28-19(25)15-12-27-13-21-15/h12-13H,2-11H2,1H3,(H,20,24). The van der Waals surface area contributed by atoms with Crippen LogP contribution < -0.4 is 5.32 Å². The van der Waals surface area contributed by atoms with E-state index in [9.17, 15) is 9.59 Å². The molecular weight excluding hydrogens is 364 g/mol. The Morgan fingerprint density at radius 2 is 2.21 bits per heavy atom. The lowest BCUT2D eigenvalue weighted by molar-refractivity contribution is 0.0487. The fraction of sp³-hybridized carbons (Fsp3) is 0.579. The minimum Gasteiger partial charge on any atom is -0.461 e. The highest BCUT2D eigenvalue weighted by molar-refractivity contribution is 5.96. The van der Waals surface area contributed by atoms with E-state index >= 15 is 0 Å². The second-order valence-corrected chi connectivity index (χ2v) is 6.53. The summed E-state index contributed by atoms with van der Waals surface area (Å²) in [5.41, 5.74) is 2.55. The zero-order valence-electron chi connectivity index (χ0n) is 16.1. The van der Waals surface area contributed by atoms with Gasteiger partial charge in [0.15, 0.2) is 12.1 Å². The topological polar surface area (TPSA) is 108 Å².